The minimum Gasteiger partial charge on any atom is -0.473 e. The van der Waals surface area contributed by atoms with Crippen molar-refractivity contribution in [2.24, 2.45) is 5.84 Å². The molecule has 0 saturated heterocycles. The minimum atomic E-state index is 0.0266. The predicted molar refractivity (Wildman–Crippen MR) is 84.0 cm³/mol. The van der Waals surface area contributed by atoms with Crippen LogP contribution in [0.3, 0.4) is 0 Å². The lowest BCUT2D eigenvalue weighted by Gasteiger charge is -2.39. The first-order valence-electron chi connectivity index (χ1n) is 7.21. The van der Waals surface area contributed by atoms with Gasteiger partial charge >= 0.3 is 0 Å². The minimum absolute atomic E-state index is 0.0266. The molecule has 1 aliphatic rings. The van der Waals surface area contributed by atoms with E-state index in [4.69, 9.17) is 10.6 Å². The monoisotopic (exact) mass is 286 g/mol. The van der Waals surface area contributed by atoms with Crippen molar-refractivity contribution in [3.05, 3.63) is 48.2 Å². The second-order valence-electron chi connectivity index (χ2n) is 6.02. The number of hydrogen-bond donors (Lipinski definition) is 3. The first-order valence-corrected chi connectivity index (χ1v) is 7.21. The van der Waals surface area contributed by atoms with E-state index < -0.39 is 0 Å². The zero-order valence-corrected chi connectivity index (χ0v) is 12.5. The molecule has 1 aliphatic heterocycles. The maximum Gasteiger partial charge on any atom is 0.163 e. The van der Waals surface area contributed by atoms with Crippen molar-refractivity contribution in [3.63, 3.8) is 0 Å². The number of anilines is 1. The van der Waals surface area contributed by atoms with Crippen LogP contribution in [0.25, 0.3) is 0 Å². The summed E-state index contributed by atoms with van der Waals surface area (Å²) >= 11 is 0. The first-order chi connectivity index (χ1) is 10.1. The Morgan fingerprint density at radius 2 is 2.10 bits per heavy atom. The largest absolute Gasteiger partial charge is 0.473 e. The molecule has 5 heteroatoms. The van der Waals surface area contributed by atoms with Crippen LogP contribution in [0.4, 0.5) is 5.82 Å². The quantitative estimate of drug-likeness (QED) is 0.459. The number of aromatic nitrogens is 1. The number of rotatable bonds is 4. The van der Waals surface area contributed by atoms with Gasteiger partial charge in [0, 0.05) is 17.8 Å². The van der Waals surface area contributed by atoms with E-state index in [0.717, 1.165) is 18.0 Å². The summed E-state index contributed by atoms with van der Waals surface area (Å²) in [5.74, 6) is 7.12. The van der Waals surface area contributed by atoms with E-state index in [-0.39, 0.29) is 18.3 Å². The van der Waals surface area contributed by atoms with Gasteiger partial charge in [-0.1, -0.05) is 30.3 Å². The molecule has 0 aliphatic carbocycles. The van der Waals surface area contributed by atoms with Gasteiger partial charge in [0.05, 0.1) is 6.04 Å². The van der Waals surface area contributed by atoms with Crippen molar-refractivity contribution in [1.29, 1.82) is 0 Å². The van der Waals surface area contributed by atoms with Gasteiger partial charge in [-0.05, 0) is 25.8 Å². The van der Waals surface area contributed by atoms with E-state index in [1.165, 1.54) is 5.56 Å². The van der Waals surface area contributed by atoms with Crippen molar-refractivity contribution >= 4 is 5.82 Å². The van der Waals surface area contributed by atoms with Crippen LogP contribution in [-0.4, -0.2) is 11.3 Å². The molecule has 2 heterocycles. The van der Waals surface area contributed by atoms with Crippen LogP contribution in [0.1, 0.15) is 31.9 Å². The highest BCUT2D eigenvalue weighted by atomic mass is 16.5. The highest BCUT2D eigenvalue weighted by molar-refractivity contribution is 5.56. The molecule has 4 N–H and O–H groups in total. The Morgan fingerprint density at radius 3 is 2.81 bits per heavy atom. The number of hydrazine groups is 1. The van der Waals surface area contributed by atoms with Gasteiger partial charge in [-0.2, -0.15) is 0 Å². The fraction of sp³-hybridized carbons (Fsp3) is 0.375. The second-order valence-corrected chi connectivity index (χ2v) is 6.02. The molecule has 0 saturated carbocycles. The Morgan fingerprint density at radius 1 is 1.33 bits per heavy atom. The number of nitrogens with one attached hydrogen (secondary N) is 2. The Kier molecular flexibility index (Phi) is 3.61. The third-order valence-electron chi connectivity index (χ3n) is 4.03. The van der Waals surface area contributed by atoms with E-state index in [0.29, 0.717) is 0 Å². The summed E-state index contributed by atoms with van der Waals surface area (Å²) in [4.78, 5) is 0. The molecule has 3 rings (SSSR count). The van der Waals surface area contributed by atoms with Gasteiger partial charge < -0.3 is 14.6 Å². The summed E-state index contributed by atoms with van der Waals surface area (Å²) in [6.07, 6.45) is 3.09. The Bertz CT molecular complexity index is 606. The molecule has 1 aromatic carbocycles. The highest BCUT2D eigenvalue weighted by Gasteiger charge is 2.34. The van der Waals surface area contributed by atoms with Crippen molar-refractivity contribution in [2.45, 2.75) is 31.8 Å². The van der Waals surface area contributed by atoms with E-state index in [9.17, 15) is 0 Å². The van der Waals surface area contributed by atoms with Crippen LogP contribution in [-0.2, 0) is 5.54 Å². The Labute approximate surface area is 125 Å². The zero-order valence-electron chi connectivity index (χ0n) is 12.5. The molecule has 0 spiro atoms. The topological polar surface area (TPSA) is 64.2 Å². The number of ether oxygens (including phenoxy) is 1. The fourth-order valence-electron chi connectivity index (χ4n) is 3.00. The summed E-state index contributed by atoms with van der Waals surface area (Å²) in [5, 5.41) is 3.60. The van der Waals surface area contributed by atoms with Gasteiger partial charge in [-0.25, -0.2) is 5.43 Å². The third-order valence-corrected chi connectivity index (χ3v) is 4.03. The number of benzene rings is 1. The van der Waals surface area contributed by atoms with E-state index in [2.05, 4.69) is 59.6 Å². The number of fused-ring (bicyclic) bond motifs is 1. The normalized spacial score (nSPS) is 19.7. The molecule has 0 fully saturated rings. The zero-order chi connectivity index (χ0) is 14.9. The average molecular weight is 286 g/mol. The van der Waals surface area contributed by atoms with Crippen molar-refractivity contribution < 1.29 is 4.74 Å². The van der Waals surface area contributed by atoms with Gasteiger partial charge in [0.15, 0.2) is 12.5 Å². The van der Waals surface area contributed by atoms with Crippen molar-refractivity contribution in [1.82, 2.24) is 9.99 Å². The Hall–Kier alpha value is -1.98. The van der Waals surface area contributed by atoms with Gasteiger partial charge in [-0.3, -0.25) is 5.84 Å². The predicted octanol–water partition coefficient (Wildman–Crippen LogP) is 2.58. The SMILES string of the molecule is CC1(C)CC(c2ccccc2)Nc2c(OCNN)ccn21. The lowest BCUT2D eigenvalue weighted by atomic mass is 9.89. The fourth-order valence-corrected chi connectivity index (χ4v) is 3.00. The van der Waals surface area contributed by atoms with Crippen LogP contribution in [0.5, 0.6) is 5.75 Å². The molecule has 1 aromatic heterocycles. The molecule has 0 radical (unpaired) electrons. The van der Waals surface area contributed by atoms with Crippen molar-refractivity contribution in [2.75, 3.05) is 12.0 Å². The molecule has 2 aromatic rings. The summed E-state index contributed by atoms with van der Waals surface area (Å²) in [5.41, 5.74) is 3.84. The highest BCUT2D eigenvalue weighted by Crippen LogP contribution is 2.43. The van der Waals surface area contributed by atoms with Gasteiger partial charge in [0.1, 0.15) is 5.82 Å². The summed E-state index contributed by atoms with van der Waals surface area (Å²) in [6.45, 7) is 4.78. The van der Waals surface area contributed by atoms with Crippen molar-refractivity contribution in [3.8, 4) is 5.75 Å². The van der Waals surface area contributed by atoms with E-state index in [1.54, 1.807) is 0 Å². The second kappa shape index (κ2) is 5.42. The maximum atomic E-state index is 5.65. The molecule has 1 atom stereocenters. The standard InChI is InChI=1S/C16H22N4O/c1-16(2)10-13(12-6-4-3-5-7-12)19-15-14(21-11-18-17)8-9-20(15)16/h3-9,13,18-19H,10-11,17H2,1-2H3. The van der Waals surface area contributed by atoms with Crippen LogP contribution < -0.4 is 21.3 Å². The molecule has 0 amide bonds. The smallest absolute Gasteiger partial charge is 0.163 e. The van der Waals surface area contributed by atoms with Gasteiger partial charge in [0.2, 0.25) is 0 Å². The number of nitrogens with zero attached hydrogens (tertiary/aromatic N) is 1. The Balaban J connectivity index is 1.94. The molecule has 5 nitrogen and oxygen atoms in total. The van der Waals surface area contributed by atoms with Gasteiger partial charge in [-0.15, -0.1) is 0 Å². The van der Waals surface area contributed by atoms with Crippen LogP contribution in [0.15, 0.2) is 42.6 Å². The van der Waals surface area contributed by atoms with Crippen LogP contribution >= 0.6 is 0 Å². The van der Waals surface area contributed by atoms with Crippen LogP contribution in [0, 0.1) is 0 Å². The van der Waals surface area contributed by atoms with Gasteiger partial charge in [0.25, 0.3) is 0 Å². The maximum absolute atomic E-state index is 5.65. The summed E-state index contributed by atoms with van der Waals surface area (Å²) < 4.78 is 7.89. The third kappa shape index (κ3) is 2.62. The molecule has 21 heavy (non-hydrogen) atoms. The summed E-state index contributed by atoms with van der Waals surface area (Å²) in [7, 11) is 0. The molecule has 112 valence electrons. The lowest BCUT2D eigenvalue weighted by molar-refractivity contribution is 0.270. The molecular formula is C16H22N4O. The lowest BCUT2D eigenvalue weighted by Crippen LogP contribution is -2.36. The molecule has 0 bridgehead atoms. The van der Waals surface area contributed by atoms with E-state index >= 15 is 0 Å². The van der Waals surface area contributed by atoms with E-state index in [1.807, 2.05) is 12.1 Å². The first kappa shape index (κ1) is 14.0. The molecular weight excluding hydrogens is 264 g/mol. The van der Waals surface area contributed by atoms with Crippen LogP contribution in [0.2, 0.25) is 0 Å². The number of nitrogens with two attached hydrogens (primary N) is 1. The molecule has 1 unspecified atom stereocenters. The number of hydrogen-bond acceptors (Lipinski definition) is 4. The average Bonchev–Trinajstić information content (AvgIpc) is 2.89. The summed E-state index contributed by atoms with van der Waals surface area (Å²) in [6, 6.07) is 12.8.